The van der Waals surface area contributed by atoms with Crippen LogP contribution in [0.5, 0.6) is 5.75 Å². The third kappa shape index (κ3) is 2.23. The lowest BCUT2D eigenvalue weighted by molar-refractivity contribution is 0.0722. The Morgan fingerprint density at radius 1 is 1.25 bits per heavy atom. The maximum atomic E-state index is 12.0. The molecule has 20 heavy (non-hydrogen) atoms. The van der Waals surface area contributed by atoms with Gasteiger partial charge in [-0.25, -0.2) is 14.3 Å². The summed E-state index contributed by atoms with van der Waals surface area (Å²) in [6.45, 7) is 3.78. The largest absolute Gasteiger partial charge is 0.421 e. The molecule has 2 aromatic heterocycles. The van der Waals surface area contributed by atoms with E-state index in [-0.39, 0.29) is 5.82 Å². The van der Waals surface area contributed by atoms with E-state index in [9.17, 15) is 4.79 Å². The molecule has 0 aliphatic rings. The Morgan fingerprint density at radius 3 is 2.85 bits per heavy atom. The average Bonchev–Trinajstić information content (AvgIpc) is 2.84. The number of nitrogens with zero attached hydrogens (tertiary/aromatic N) is 4. The summed E-state index contributed by atoms with van der Waals surface area (Å²) in [7, 11) is 0. The average molecular weight is 268 g/mol. The molecule has 0 aliphatic heterocycles. The van der Waals surface area contributed by atoms with E-state index in [1.807, 2.05) is 26.0 Å². The van der Waals surface area contributed by atoms with E-state index in [0.717, 1.165) is 11.3 Å². The Kier molecular flexibility index (Phi) is 2.90. The van der Waals surface area contributed by atoms with Crippen molar-refractivity contribution in [2.75, 3.05) is 0 Å². The van der Waals surface area contributed by atoms with Crippen molar-refractivity contribution in [3.8, 4) is 5.75 Å². The van der Waals surface area contributed by atoms with Crippen molar-refractivity contribution in [1.82, 2.24) is 19.6 Å². The minimum absolute atomic E-state index is 0.00620. The SMILES string of the molecule is Cc1cccc(OC(=O)c2nc3nccc(C)n3n2)c1. The van der Waals surface area contributed by atoms with E-state index in [4.69, 9.17) is 4.74 Å². The number of aromatic nitrogens is 4. The van der Waals surface area contributed by atoms with E-state index >= 15 is 0 Å². The highest BCUT2D eigenvalue weighted by molar-refractivity contribution is 5.87. The molecule has 2 heterocycles. The second-order valence-corrected chi connectivity index (χ2v) is 4.44. The van der Waals surface area contributed by atoms with Crippen LogP contribution >= 0.6 is 0 Å². The molecule has 3 rings (SSSR count). The fourth-order valence-corrected chi connectivity index (χ4v) is 1.82. The topological polar surface area (TPSA) is 69.4 Å². The molecular formula is C14H12N4O2. The van der Waals surface area contributed by atoms with E-state index in [1.54, 1.807) is 24.4 Å². The predicted octanol–water partition coefficient (Wildman–Crippen LogP) is 1.96. The smallest absolute Gasteiger partial charge is 0.383 e. The second kappa shape index (κ2) is 4.73. The number of carbonyl (C=O) groups is 1. The second-order valence-electron chi connectivity index (χ2n) is 4.44. The van der Waals surface area contributed by atoms with Crippen molar-refractivity contribution in [2.24, 2.45) is 0 Å². The van der Waals surface area contributed by atoms with E-state index < -0.39 is 5.97 Å². The van der Waals surface area contributed by atoms with Crippen LogP contribution in [0.15, 0.2) is 36.5 Å². The summed E-state index contributed by atoms with van der Waals surface area (Å²) in [6.07, 6.45) is 1.62. The van der Waals surface area contributed by atoms with Gasteiger partial charge in [-0.2, -0.15) is 4.98 Å². The van der Waals surface area contributed by atoms with Crippen LogP contribution in [0, 0.1) is 13.8 Å². The molecule has 0 radical (unpaired) electrons. The molecule has 0 spiro atoms. The highest BCUT2D eigenvalue weighted by Gasteiger charge is 2.16. The molecule has 0 aliphatic carbocycles. The summed E-state index contributed by atoms with van der Waals surface area (Å²) in [5.41, 5.74) is 1.85. The zero-order valence-corrected chi connectivity index (χ0v) is 11.1. The molecule has 0 atom stereocenters. The van der Waals surface area contributed by atoms with E-state index in [2.05, 4.69) is 15.1 Å². The lowest BCUT2D eigenvalue weighted by Crippen LogP contribution is -2.11. The van der Waals surface area contributed by atoms with Crippen molar-refractivity contribution in [1.29, 1.82) is 0 Å². The highest BCUT2D eigenvalue weighted by atomic mass is 16.5. The number of carbonyl (C=O) groups excluding carboxylic acids is 1. The Bertz CT molecular complexity index is 795. The molecule has 3 aromatic rings. The van der Waals surface area contributed by atoms with Gasteiger partial charge < -0.3 is 4.74 Å². The number of fused-ring (bicyclic) bond motifs is 1. The number of hydrogen-bond donors (Lipinski definition) is 0. The molecule has 0 N–H and O–H groups in total. The zero-order valence-electron chi connectivity index (χ0n) is 11.1. The standard InChI is InChI=1S/C14H12N4O2/c1-9-4-3-5-11(8-9)20-13(19)12-16-14-15-7-6-10(2)18(14)17-12/h3-8H,1-2H3. The Morgan fingerprint density at radius 2 is 2.10 bits per heavy atom. The van der Waals surface area contributed by atoms with Crippen molar-refractivity contribution >= 4 is 11.7 Å². The minimum Gasteiger partial charge on any atom is -0.421 e. The highest BCUT2D eigenvalue weighted by Crippen LogP contribution is 2.14. The van der Waals surface area contributed by atoms with Gasteiger partial charge in [-0.3, -0.25) is 0 Å². The van der Waals surface area contributed by atoms with Gasteiger partial charge in [0, 0.05) is 11.9 Å². The first-order valence-corrected chi connectivity index (χ1v) is 6.11. The quantitative estimate of drug-likeness (QED) is 0.525. The zero-order chi connectivity index (χ0) is 14.1. The Balaban J connectivity index is 1.91. The Hall–Kier alpha value is -2.76. The first kappa shape index (κ1) is 12.3. The molecule has 1 aromatic carbocycles. The fraction of sp³-hybridized carbons (Fsp3) is 0.143. The molecule has 0 amide bonds. The maximum Gasteiger partial charge on any atom is 0.383 e. The van der Waals surface area contributed by atoms with Gasteiger partial charge in [-0.05, 0) is 37.6 Å². The number of benzene rings is 1. The summed E-state index contributed by atoms with van der Waals surface area (Å²) in [4.78, 5) is 20.1. The van der Waals surface area contributed by atoms with Crippen LogP contribution in [-0.4, -0.2) is 25.6 Å². The number of esters is 1. The van der Waals surface area contributed by atoms with Crippen molar-refractivity contribution in [3.63, 3.8) is 0 Å². The van der Waals surface area contributed by atoms with Crippen molar-refractivity contribution < 1.29 is 9.53 Å². The molecule has 0 saturated heterocycles. The molecule has 6 heteroatoms. The molecule has 0 bridgehead atoms. The maximum absolute atomic E-state index is 12.0. The number of ether oxygens (including phenoxy) is 1. The number of aryl methyl sites for hydroxylation is 2. The first-order valence-electron chi connectivity index (χ1n) is 6.11. The molecule has 6 nitrogen and oxygen atoms in total. The van der Waals surface area contributed by atoms with Crippen LogP contribution in [0.4, 0.5) is 0 Å². The van der Waals surface area contributed by atoms with Crippen molar-refractivity contribution in [2.45, 2.75) is 13.8 Å². The van der Waals surface area contributed by atoms with Gasteiger partial charge in [0.05, 0.1) is 0 Å². The first-order chi connectivity index (χ1) is 9.63. The van der Waals surface area contributed by atoms with E-state index in [1.165, 1.54) is 4.52 Å². The minimum atomic E-state index is -0.597. The third-order valence-corrected chi connectivity index (χ3v) is 2.81. The van der Waals surface area contributed by atoms with Gasteiger partial charge in [0.25, 0.3) is 11.6 Å². The number of rotatable bonds is 2. The van der Waals surface area contributed by atoms with Crippen LogP contribution in [0.2, 0.25) is 0 Å². The molecule has 0 unspecified atom stereocenters. The summed E-state index contributed by atoms with van der Waals surface area (Å²) in [5.74, 6) is 0.244. The van der Waals surface area contributed by atoms with Gasteiger partial charge in [0.15, 0.2) is 0 Å². The van der Waals surface area contributed by atoms with Crippen LogP contribution in [0.3, 0.4) is 0 Å². The summed E-state index contributed by atoms with van der Waals surface area (Å²) < 4.78 is 6.75. The summed E-state index contributed by atoms with van der Waals surface area (Å²) in [6, 6.07) is 9.02. The fourth-order valence-electron chi connectivity index (χ4n) is 1.82. The van der Waals surface area contributed by atoms with Crippen LogP contribution in [-0.2, 0) is 0 Å². The third-order valence-electron chi connectivity index (χ3n) is 2.81. The normalized spacial score (nSPS) is 10.7. The monoisotopic (exact) mass is 268 g/mol. The van der Waals surface area contributed by atoms with Gasteiger partial charge in [-0.15, -0.1) is 5.10 Å². The molecule has 100 valence electrons. The van der Waals surface area contributed by atoms with Crippen molar-refractivity contribution in [3.05, 3.63) is 53.6 Å². The Labute approximate surface area is 115 Å². The predicted molar refractivity (Wildman–Crippen MR) is 71.7 cm³/mol. The van der Waals surface area contributed by atoms with E-state index in [0.29, 0.717) is 11.5 Å². The molecule has 0 saturated carbocycles. The molecule has 0 fully saturated rings. The van der Waals surface area contributed by atoms with Gasteiger partial charge in [0.2, 0.25) is 0 Å². The summed E-state index contributed by atoms with van der Waals surface area (Å²) in [5, 5.41) is 4.10. The lowest BCUT2D eigenvalue weighted by atomic mass is 10.2. The summed E-state index contributed by atoms with van der Waals surface area (Å²) >= 11 is 0. The van der Waals surface area contributed by atoms with Gasteiger partial charge >= 0.3 is 5.97 Å². The number of hydrogen-bond acceptors (Lipinski definition) is 5. The van der Waals surface area contributed by atoms with Crippen LogP contribution in [0.1, 0.15) is 21.9 Å². The van der Waals surface area contributed by atoms with Crippen LogP contribution in [0.25, 0.3) is 5.78 Å². The van der Waals surface area contributed by atoms with Gasteiger partial charge in [0.1, 0.15) is 5.75 Å². The lowest BCUT2D eigenvalue weighted by Gasteiger charge is -2.01. The molecular weight excluding hydrogens is 256 g/mol. The van der Waals surface area contributed by atoms with Crippen LogP contribution < -0.4 is 4.74 Å². The van der Waals surface area contributed by atoms with Gasteiger partial charge in [-0.1, -0.05) is 12.1 Å².